The molecular weight excluding hydrogens is 322 g/mol. The number of sulfonamides is 1. The summed E-state index contributed by atoms with van der Waals surface area (Å²) in [4.78, 5) is 12.3. The predicted octanol–water partition coefficient (Wildman–Crippen LogP) is 0.422. The van der Waals surface area contributed by atoms with Crippen molar-refractivity contribution in [2.75, 3.05) is 32.1 Å². The molecule has 1 atom stereocenters. The second-order valence-corrected chi connectivity index (χ2v) is 7.36. The monoisotopic (exact) mass is 345 g/mol. The molecule has 1 aromatic carbocycles. The largest absolute Gasteiger partial charge is 0.353 e. The van der Waals surface area contributed by atoms with E-state index in [9.17, 15) is 13.2 Å². The molecule has 0 saturated heterocycles. The topological polar surface area (TPSA) is 87.3 Å². The number of hydrogen-bond donors (Lipinski definition) is 3. The molecule has 124 valence electrons. The van der Waals surface area contributed by atoms with Crippen LogP contribution in [0, 0.1) is 0 Å². The standard InChI is InChI=1S/C14H23N3O3S2/c1-15-9-10-16-14(18)13(8-11-21-2)17-22(19,20)12-6-4-3-5-7-12/h3-7,13,15,17H,8-11H2,1-2H3,(H,16,18). The SMILES string of the molecule is CNCCNC(=O)C(CCSC)NS(=O)(=O)c1ccccc1. The van der Waals surface area contributed by atoms with E-state index in [1.807, 2.05) is 6.26 Å². The molecule has 6 nitrogen and oxygen atoms in total. The van der Waals surface area contributed by atoms with Crippen LogP contribution < -0.4 is 15.4 Å². The summed E-state index contributed by atoms with van der Waals surface area (Å²) in [5, 5.41) is 5.65. The van der Waals surface area contributed by atoms with Gasteiger partial charge >= 0.3 is 0 Å². The lowest BCUT2D eigenvalue weighted by Gasteiger charge is -2.18. The summed E-state index contributed by atoms with van der Waals surface area (Å²) in [6.07, 6.45) is 2.36. The minimum absolute atomic E-state index is 0.159. The minimum Gasteiger partial charge on any atom is -0.353 e. The van der Waals surface area contributed by atoms with E-state index < -0.39 is 16.1 Å². The Morgan fingerprint density at radius 1 is 1.23 bits per heavy atom. The third-order valence-electron chi connectivity index (χ3n) is 2.95. The summed E-state index contributed by atoms with van der Waals surface area (Å²) in [5.74, 6) is 0.394. The summed E-state index contributed by atoms with van der Waals surface area (Å²) in [6, 6.07) is 7.29. The minimum atomic E-state index is -3.70. The van der Waals surface area contributed by atoms with Gasteiger partial charge in [0.2, 0.25) is 15.9 Å². The molecule has 0 saturated carbocycles. The van der Waals surface area contributed by atoms with E-state index in [-0.39, 0.29) is 10.8 Å². The van der Waals surface area contributed by atoms with E-state index in [0.29, 0.717) is 25.3 Å². The fourth-order valence-electron chi connectivity index (χ4n) is 1.77. The first-order chi connectivity index (χ1) is 10.5. The Balaban J connectivity index is 2.77. The number of rotatable bonds is 10. The van der Waals surface area contributed by atoms with Crippen LogP contribution in [-0.4, -0.2) is 52.5 Å². The maximum absolute atomic E-state index is 12.3. The smallest absolute Gasteiger partial charge is 0.241 e. The van der Waals surface area contributed by atoms with Crippen LogP contribution in [0.4, 0.5) is 0 Å². The van der Waals surface area contributed by atoms with Crippen LogP contribution in [0.25, 0.3) is 0 Å². The third kappa shape index (κ3) is 6.35. The zero-order valence-electron chi connectivity index (χ0n) is 12.8. The van der Waals surface area contributed by atoms with Crippen LogP contribution in [0.3, 0.4) is 0 Å². The van der Waals surface area contributed by atoms with E-state index in [1.165, 1.54) is 12.1 Å². The average molecular weight is 345 g/mol. The number of thioether (sulfide) groups is 1. The highest BCUT2D eigenvalue weighted by atomic mass is 32.2. The molecule has 0 aromatic heterocycles. The number of hydrogen-bond acceptors (Lipinski definition) is 5. The molecule has 0 radical (unpaired) electrons. The van der Waals surface area contributed by atoms with Gasteiger partial charge < -0.3 is 10.6 Å². The normalized spacial score (nSPS) is 12.8. The van der Waals surface area contributed by atoms with Gasteiger partial charge in [-0.25, -0.2) is 8.42 Å². The van der Waals surface area contributed by atoms with Crippen LogP contribution in [0.1, 0.15) is 6.42 Å². The maximum atomic E-state index is 12.3. The third-order valence-corrected chi connectivity index (χ3v) is 5.08. The lowest BCUT2D eigenvalue weighted by Crippen LogP contribution is -2.48. The molecule has 0 aliphatic rings. The van der Waals surface area contributed by atoms with E-state index in [0.717, 1.165) is 0 Å². The van der Waals surface area contributed by atoms with Gasteiger partial charge in [-0.15, -0.1) is 0 Å². The summed E-state index contributed by atoms with van der Waals surface area (Å²) >= 11 is 1.57. The lowest BCUT2D eigenvalue weighted by atomic mass is 10.2. The van der Waals surface area contributed by atoms with Gasteiger partial charge in [0.05, 0.1) is 4.90 Å². The van der Waals surface area contributed by atoms with E-state index in [2.05, 4.69) is 15.4 Å². The molecule has 0 aliphatic carbocycles. The Morgan fingerprint density at radius 2 is 1.91 bits per heavy atom. The van der Waals surface area contributed by atoms with Crippen molar-refractivity contribution < 1.29 is 13.2 Å². The van der Waals surface area contributed by atoms with Crippen molar-refractivity contribution in [3.63, 3.8) is 0 Å². The van der Waals surface area contributed by atoms with Gasteiger partial charge in [0.25, 0.3) is 0 Å². The number of benzene rings is 1. The maximum Gasteiger partial charge on any atom is 0.241 e. The van der Waals surface area contributed by atoms with Crippen molar-refractivity contribution in [2.24, 2.45) is 0 Å². The Labute approximate surface area is 136 Å². The van der Waals surface area contributed by atoms with Crippen LogP contribution in [0.5, 0.6) is 0 Å². The van der Waals surface area contributed by atoms with E-state index >= 15 is 0 Å². The van der Waals surface area contributed by atoms with Crippen molar-refractivity contribution in [3.8, 4) is 0 Å². The van der Waals surface area contributed by atoms with Crippen molar-refractivity contribution in [3.05, 3.63) is 30.3 Å². The fraction of sp³-hybridized carbons (Fsp3) is 0.500. The summed E-state index contributed by atoms with van der Waals surface area (Å²) in [6.45, 7) is 1.09. The molecule has 1 aromatic rings. The van der Waals surface area contributed by atoms with Crippen LogP contribution in [0.2, 0.25) is 0 Å². The molecule has 1 unspecified atom stereocenters. The predicted molar refractivity (Wildman–Crippen MR) is 90.5 cm³/mol. The van der Waals surface area contributed by atoms with Crippen LogP contribution in [-0.2, 0) is 14.8 Å². The Hall–Kier alpha value is -1.09. The first kappa shape index (κ1) is 19.0. The van der Waals surface area contributed by atoms with Crippen molar-refractivity contribution in [1.29, 1.82) is 0 Å². The van der Waals surface area contributed by atoms with E-state index in [4.69, 9.17) is 0 Å². The number of likely N-dealkylation sites (N-methyl/N-ethyl adjacent to an activating group) is 1. The van der Waals surface area contributed by atoms with Crippen LogP contribution in [0.15, 0.2) is 35.2 Å². The highest BCUT2D eigenvalue weighted by Crippen LogP contribution is 2.10. The number of carbonyl (C=O) groups excluding carboxylic acids is 1. The van der Waals surface area contributed by atoms with Gasteiger partial charge in [-0.05, 0) is 37.6 Å². The molecule has 8 heteroatoms. The average Bonchev–Trinajstić information content (AvgIpc) is 2.52. The Morgan fingerprint density at radius 3 is 2.50 bits per heavy atom. The highest BCUT2D eigenvalue weighted by molar-refractivity contribution is 7.98. The lowest BCUT2D eigenvalue weighted by molar-refractivity contribution is -0.122. The summed E-state index contributed by atoms with van der Waals surface area (Å²) in [7, 11) is -1.91. The van der Waals surface area contributed by atoms with Gasteiger partial charge in [0.15, 0.2) is 0 Å². The zero-order chi connectivity index (χ0) is 16.4. The van der Waals surface area contributed by atoms with Crippen molar-refractivity contribution >= 4 is 27.7 Å². The fourth-order valence-corrected chi connectivity index (χ4v) is 3.49. The van der Waals surface area contributed by atoms with Gasteiger partial charge in [-0.2, -0.15) is 16.5 Å². The Kier molecular flexibility index (Phi) is 8.47. The first-order valence-electron chi connectivity index (χ1n) is 7.00. The quantitative estimate of drug-likeness (QED) is 0.535. The first-order valence-corrected chi connectivity index (χ1v) is 9.87. The highest BCUT2D eigenvalue weighted by Gasteiger charge is 2.24. The second-order valence-electron chi connectivity index (χ2n) is 4.66. The van der Waals surface area contributed by atoms with Gasteiger partial charge in [-0.3, -0.25) is 4.79 Å². The number of nitrogens with one attached hydrogen (secondary N) is 3. The molecule has 0 aliphatic heterocycles. The molecule has 0 fully saturated rings. The Bertz CT molecular complexity index is 550. The molecule has 0 bridgehead atoms. The molecule has 1 rings (SSSR count). The summed E-state index contributed by atoms with van der Waals surface area (Å²) < 4.78 is 27.2. The molecular formula is C14H23N3O3S2. The van der Waals surface area contributed by atoms with Gasteiger partial charge in [0, 0.05) is 13.1 Å². The van der Waals surface area contributed by atoms with E-state index in [1.54, 1.807) is 37.0 Å². The molecule has 0 heterocycles. The molecule has 3 N–H and O–H groups in total. The summed E-state index contributed by atoms with van der Waals surface area (Å²) in [5.41, 5.74) is 0. The van der Waals surface area contributed by atoms with Gasteiger partial charge in [-0.1, -0.05) is 18.2 Å². The molecule has 22 heavy (non-hydrogen) atoms. The number of carbonyl (C=O) groups is 1. The zero-order valence-corrected chi connectivity index (χ0v) is 14.5. The molecule has 1 amide bonds. The van der Waals surface area contributed by atoms with Crippen LogP contribution >= 0.6 is 11.8 Å². The van der Waals surface area contributed by atoms with Crippen molar-refractivity contribution in [1.82, 2.24) is 15.4 Å². The number of amides is 1. The van der Waals surface area contributed by atoms with Gasteiger partial charge in [0.1, 0.15) is 6.04 Å². The molecule has 0 spiro atoms. The van der Waals surface area contributed by atoms with Crippen molar-refractivity contribution in [2.45, 2.75) is 17.4 Å². The second kappa shape index (κ2) is 9.83.